The molecule has 3 N–H and O–H groups in total. The molecule has 0 saturated heterocycles. The largest absolute Gasteiger partial charge is 0.355 e. The van der Waals surface area contributed by atoms with Crippen molar-refractivity contribution in [1.29, 1.82) is 0 Å². The molecule has 1 heterocycles. The van der Waals surface area contributed by atoms with Gasteiger partial charge in [-0.15, -0.1) is 11.3 Å². The molecule has 0 aliphatic rings. The number of carbonyl (C=O) groups excluding carboxylic acids is 2. The second-order valence-corrected chi connectivity index (χ2v) is 3.91. The van der Waals surface area contributed by atoms with Gasteiger partial charge in [0.05, 0.1) is 12.2 Å². The van der Waals surface area contributed by atoms with Gasteiger partial charge in [-0.2, -0.15) is 0 Å². The van der Waals surface area contributed by atoms with Gasteiger partial charge in [0, 0.05) is 11.9 Å². The predicted octanol–water partition coefficient (Wildman–Crippen LogP) is 0.709. The van der Waals surface area contributed by atoms with Crippen LogP contribution in [-0.4, -0.2) is 30.0 Å². The van der Waals surface area contributed by atoms with Gasteiger partial charge in [-0.3, -0.25) is 10.1 Å². The summed E-state index contributed by atoms with van der Waals surface area (Å²) in [7, 11) is 0. The Bertz CT molecular complexity index is 377. The van der Waals surface area contributed by atoms with Crippen molar-refractivity contribution in [3.05, 3.63) is 11.1 Å². The van der Waals surface area contributed by atoms with E-state index in [-0.39, 0.29) is 12.5 Å². The van der Waals surface area contributed by atoms with Gasteiger partial charge in [0.1, 0.15) is 0 Å². The molecule has 0 bridgehead atoms. The third-order valence-corrected chi connectivity index (χ3v) is 2.50. The monoisotopic (exact) mass is 242 g/mol. The quantitative estimate of drug-likeness (QED) is 0.727. The lowest BCUT2D eigenvalue weighted by Gasteiger charge is -2.04. The Hall–Kier alpha value is -1.63. The molecule has 0 atom stereocenters. The molecule has 0 aliphatic carbocycles. The lowest BCUT2D eigenvalue weighted by molar-refractivity contribution is -0.119. The minimum Gasteiger partial charge on any atom is -0.355 e. The number of aromatic nitrogens is 1. The van der Waals surface area contributed by atoms with Gasteiger partial charge in [-0.25, -0.2) is 9.78 Å². The number of nitrogens with one attached hydrogen (secondary N) is 3. The Morgan fingerprint density at radius 2 is 2.19 bits per heavy atom. The predicted molar refractivity (Wildman–Crippen MR) is 62.6 cm³/mol. The molecule has 0 unspecified atom stereocenters. The summed E-state index contributed by atoms with van der Waals surface area (Å²) in [6, 6.07) is -0.430. The summed E-state index contributed by atoms with van der Waals surface area (Å²) in [6.45, 7) is 4.17. The Kier molecular flexibility index (Phi) is 4.71. The van der Waals surface area contributed by atoms with Gasteiger partial charge in [0.2, 0.25) is 5.91 Å². The van der Waals surface area contributed by atoms with Gasteiger partial charge < -0.3 is 10.6 Å². The number of aryl methyl sites for hydroxylation is 1. The summed E-state index contributed by atoms with van der Waals surface area (Å²) in [5, 5.41) is 9.89. The SMILES string of the molecule is CCNC(=O)CNC(=O)Nc1nc(C)cs1. The Morgan fingerprint density at radius 3 is 2.75 bits per heavy atom. The molecule has 0 aromatic carbocycles. The van der Waals surface area contributed by atoms with E-state index in [2.05, 4.69) is 20.9 Å². The van der Waals surface area contributed by atoms with Gasteiger partial charge in [0.15, 0.2) is 5.13 Å². The Balaban J connectivity index is 2.28. The molecule has 0 fully saturated rings. The molecule has 0 radical (unpaired) electrons. The second-order valence-electron chi connectivity index (χ2n) is 3.06. The van der Waals surface area contributed by atoms with Gasteiger partial charge in [-0.1, -0.05) is 0 Å². The van der Waals surface area contributed by atoms with Crippen LogP contribution in [0.25, 0.3) is 0 Å². The fraction of sp³-hybridized carbons (Fsp3) is 0.444. The average molecular weight is 242 g/mol. The van der Waals surface area contributed by atoms with E-state index in [9.17, 15) is 9.59 Å². The van der Waals surface area contributed by atoms with Crippen LogP contribution in [0.3, 0.4) is 0 Å². The number of thiazole rings is 1. The van der Waals surface area contributed by atoms with Gasteiger partial charge in [-0.05, 0) is 13.8 Å². The van der Waals surface area contributed by atoms with Crippen LogP contribution >= 0.6 is 11.3 Å². The van der Waals surface area contributed by atoms with Gasteiger partial charge in [0.25, 0.3) is 0 Å². The zero-order chi connectivity index (χ0) is 12.0. The van der Waals surface area contributed by atoms with E-state index in [0.717, 1.165) is 5.69 Å². The van der Waals surface area contributed by atoms with Crippen LogP contribution in [0.4, 0.5) is 9.93 Å². The van der Waals surface area contributed by atoms with Crippen molar-refractivity contribution in [1.82, 2.24) is 15.6 Å². The van der Waals surface area contributed by atoms with Gasteiger partial charge >= 0.3 is 6.03 Å². The normalized spacial score (nSPS) is 9.62. The van der Waals surface area contributed by atoms with Crippen molar-refractivity contribution in [3.63, 3.8) is 0 Å². The molecule has 0 spiro atoms. The number of carbonyl (C=O) groups is 2. The fourth-order valence-corrected chi connectivity index (χ4v) is 1.66. The van der Waals surface area contributed by atoms with Crippen molar-refractivity contribution in [2.75, 3.05) is 18.4 Å². The van der Waals surface area contributed by atoms with E-state index in [1.54, 1.807) is 0 Å². The molecule has 16 heavy (non-hydrogen) atoms. The standard InChI is InChI=1S/C9H14N4O2S/c1-3-10-7(14)4-11-8(15)13-9-12-6(2)5-16-9/h5H,3-4H2,1-2H3,(H,10,14)(H2,11,12,13,15). The molecule has 6 nitrogen and oxygen atoms in total. The highest BCUT2D eigenvalue weighted by molar-refractivity contribution is 7.13. The Morgan fingerprint density at radius 1 is 1.44 bits per heavy atom. The summed E-state index contributed by atoms with van der Waals surface area (Å²) in [4.78, 5) is 26.4. The fourth-order valence-electron chi connectivity index (χ4n) is 0.973. The lowest BCUT2D eigenvalue weighted by Crippen LogP contribution is -2.38. The first-order valence-corrected chi connectivity index (χ1v) is 5.73. The summed E-state index contributed by atoms with van der Waals surface area (Å²) in [6.07, 6.45) is 0. The number of nitrogens with zero attached hydrogens (tertiary/aromatic N) is 1. The number of urea groups is 1. The number of likely N-dealkylation sites (N-methyl/N-ethyl adjacent to an activating group) is 1. The molecule has 3 amide bonds. The third kappa shape index (κ3) is 4.26. The molecule has 1 rings (SSSR count). The minimum atomic E-state index is -0.430. The van der Waals surface area contributed by atoms with Crippen LogP contribution in [0.5, 0.6) is 0 Å². The topological polar surface area (TPSA) is 83.1 Å². The van der Waals surface area contributed by atoms with Crippen LogP contribution < -0.4 is 16.0 Å². The van der Waals surface area contributed by atoms with Crippen LogP contribution in [-0.2, 0) is 4.79 Å². The lowest BCUT2D eigenvalue weighted by atomic mass is 10.5. The highest BCUT2D eigenvalue weighted by Crippen LogP contribution is 2.13. The maximum atomic E-state index is 11.3. The zero-order valence-corrected chi connectivity index (χ0v) is 9.98. The van der Waals surface area contributed by atoms with E-state index in [4.69, 9.17) is 0 Å². The number of hydrogen-bond donors (Lipinski definition) is 3. The smallest absolute Gasteiger partial charge is 0.321 e. The van der Waals surface area contributed by atoms with Crippen LogP contribution in [0.1, 0.15) is 12.6 Å². The second kappa shape index (κ2) is 6.06. The first-order chi connectivity index (χ1) is 7.61. The van der Waals surface area contributed by atoms with Crippen molar-refractivity contribution < 1.29 is 9.59 Å². The molecule has 1 aromatic rings. The maximum absolute atomic E-state index is 11.3. The molecular formula is C9H14N4O2S. The zero-order valence-electron chi connectivity index (χ0n) is 9.16. The summed E-state index contributed by atoms with van der Waals surface area (Å²) in [5.41, 5.74) is 0.851. The van der Waals surface area contributed by atoms with E-state index >= 15 is 0 Å². The number of anilines is 1. The summed E-state index contributed by atoms with van der Waals surface area (Å²) >= 11 is 1.34. The molecule has 7 heteroatoms. The van der Waals surface area contributed by atoms with Crippen LogP contribution in [0.15, 0.2) is 5.38 Å². The van der Waals surface area contributed by atoms with E-state index in [0.29, 0.717) is 11.7 Å². The summed E-state index contributed by atoms with van der Waals surface area (Å²) in [5.74, 6) is -0.215. The maximum Gasteiger partial charge on any atom is 0.321 e. The van der Waals surface area contributed by atoms with Crippen molar-refractivity contribution >= 4 is 28.4 Å². The number of rotatable bonds is 4. The molecule has 1 aromatic heterocycles. The first-order valence-electron chi connectivity index (χ1n) is 4.85. The number of hydrogen-bond acceptors (Lipinski definition) is 4. The summed E-state index contributed by atoms with van der Waals surface area (Å²) < 4.78 is 0. The number of amides is 3. The van der Waals surface area contributed by atoms with E-state index < -0.39 is 6.03 Å². The third-order valence-electron chi connectivity index (χ3n) is 1.62. The molecule has 0 saturated carbocycles. The van der Waals surface area contributed by atoms with Crippen LogP contribution in [0.2, 0.25) is 0 Å². The molecule has 88 valence electrons. The minimum absolute atomic E-state index is 0.0377. The van der Waals surface area contributed by atoms with Crippen molar-refractivity contribution in [2.45, 2.75) is 13.8 Å². The average Bonchev–Trinajstić information content (AvgIpc) is 2.61. The van der Waals surface area contributed by atoms with E-state index in [1.165, 1.54) is 11.3 Å². The highest BCUT2D eigenvalue weighted by atomic mass is 32.1. The van der Waals surface area contributed by atoms with Crippen molar-refractivity contribution in [3.8, 4) is 0 Å². The molecular weight excluding hydrogens is 228 g/mol. The van der Waals surface area contributed by atoms with E-state index in [1.807, 2.05) is 19.2 Å². The Labute approximate surface area is 97.5 Å². The van der Waals surface area contributed by atoms with Crippen molar-refractivity contribution in [2.24, 2.45) is 0 Å². The molecule has 0 aliphatic heterocycles. The van der Waals surface area contributed by atoms with Crippen LogP contribution in [0, 0.1) is 6.92 Å². The first kappa shape index (κ1) is 12.4. The highest BCUT2D eigenvalue weighted by Gasteiger charge is 2.06.